The molecular formula is C16H16N2O3S. The van der Waals surface area contributed by atoms with Gasteiger partial charge in [-0.2, -0.15) is 0 Å². The third kappa shape index (κ3) is 4.75. The molecule has 0 aromatic heterocycles. The van der Waals surface area contributed by atoms with Crippen molar-refractivity contribution >= 4 is 28.9 Å². The smallest absolute Gasteiger partial charge is 0.264 e. The highest BCUT2D eigenvalue weighted by Gasteiger charge is 2.08. The number of anilines is 1. The summed E-state index contributed by atoms with van der Waals surface area (Å²) < 4.78 is 10.6. The maximum atomic E-state index is 11.8. The van der Waals surface area contributed by atoms with Crippen LogP contribution in [0.1, 0.15) is 0 Å². The lowest BCUT2D eigenvalue weighted by Gasteiger charge is -2.11. The Kier molecular flexibility index (Phi) is 5.73. The monoisotopic (exact) mass is 316 g/mol. The highest BCUT2D eigenvalue weighted by molar-refractivity contribution is 7.80. The van der Waals surface area contributed by atoms with Crippen LogP contribution in [-0.2, 0) is 4.79 Å². The second kappa shape index (κ2) is 7.99. The first kappa shape index (κ1) is 15.8. The predicted molar refractivity (Wildman–Crippen MR) is 89.3 cm³/mol. The number of ether oxygens (including phenoxy) is 2. The van der Waals surface area contributed by atoms with Gasteiger partial charge >= 0.3 is 0 Å². The summed E-state index contributed by atoms with van der Waals surface area (Å²) in [6.07, 6.45) is 0. The standard InChI is InChI=1S/C16H16N2O3S/c1-20-13-9-5-6-10-14(13)21-11-15(19)18-16(22)17-12-7-3-2-4-8-12/h2-10H,11H2,1H3,(H2,17,18,19,22). The highest BCUT2D eigenvalue weighted by Crippen LogP contribution is 2.25. The first-order chi connectivity index (χ1) is 10.7. The first-order valence-electron chi connectivity index (χ1n) is 6.61. The summed E-state index contributed by atoms with van der Waals surface area (Å²) in [5, 5.41) is 5.69. The molecule has 2 aromatic rings. The van der Waals surface area contributed by atoms with Gasteiger partial charge in [0.15, 0.2) is 23.2 Å². The molecule has 0 aliphatic heterocycles. The van der Waals surface area contributed by atoms with Crippen LogP contribution in [-0.4, -0.2) is 24.7 Å². The lowest BCUT2D eigenvalue weighted by Crippen LogP contribution is -2.37. The van der Waals surface area contributed by atoms with Crippen molar-refractivity contribution in [3.05, 3.63) is 54.6 Å². The number of carbonyl (C=O) groups is 1. The van der Waals surface area contributed by atoms with E-state index in [2.05, 4.69) is 10.6 Å². The lowest BCUT2D eigenvalue weighted by atomic mass is 10.3. The number of rotatable bonds is 5. The zero-order chi connectivity index (χ0) is 15.8. The Balaban J connectivity index is 1.81. The van der Waals surface area contributed by atoms with Gasteiger partial charge in [0.25, 0.3) is 5.91 Å². The molecule has 1 amide bonds. The van der Waals surface area contributed by atoms with Gasteiger partial charge in [0.2, 0.25) is 0 Å². The molecule has 0 heterocycles. The predicted octanol–water partition coefficient (Wildman–Crippen LogP) is 2.59. The zero-order valence-electron chi connectivity index (χ0n) is 12.0. The molecule has 0 aliphatic rings. The fourth-order valence-electron chi connectivity index (χ4n) is 1.73. The molecule has 114 valence electrons. The molecule has 0 spiro atoms. The number of hydrogen-bond donors (Lipinski definition) is 2. The van der Waals surface area contributed by atoms with E-state index in [0.29, 0.717) is 11.5 Å². The van der Waals surface area contributed by atoms with Crippen molar-refractivity contribution in [2.24, 2.45) is 0 Å². The molecule has 0 unspecified atom stereocenters. The number of nitrogens with one attached hydrogen (secondary N) is 2. The number of amides is 1. The minimum atomic E-state index is -0.348. The normalized spacial score (nSPS) is 9.68. The van der Waals surface area contributed by atoms with Crippen LogP contribution >= 0.6 is 12.2 Å². The molecule has 0 fully saturated rings. The van der Waals surface area contributed by atoms with Crippen molar-refractivity contribution in [2.75, 3.05) is 19.0 Å². The van der Waals surface area contributed by atoms with Crippen LogP contribution in [0.25, 0.3) is 0 Å². The maximum absolute atomic E-state index is 11.8. The molecule has 2 N–H and O–H groups in total. The fraction of sp³-hybridized carbons (Fsp3) is 0.125. The minimum absolute atomic E-state index is 0.156. The molecule has 2 rings (SSSR count). The molecule has 0 atom stereocenters. The summed E-state index contributed by atoms with van der Waals surface area (Å²) in [7, 11) is 1.54. The van der Waals surface area contributed by atoms with Crippen molar-refractivity contribution < 1.29 is 14.3 Å². The van der Waals surface area contributed by atoms with Crippen LogP contribution in [0, 0.1) is 0 Å². The second-order valence-electron chi connectivity index (χ2n) is 4.31. The van der Waals surface area contributed by atoms with Gasteiger partial charge in [-0.25, -0.2) is 0 Å². The highest BCUT2D eigenvalue weighted by atomic mass is 32.1. The molecule has 0 saturated heterocycles. The van der Waals surface area contributed by atoms with Crippen LogP contribution < -0.4 is 20.1 Å². The van der Waals surface area contributed by atoms with E-state index < -0.39 is 0 Å². The molecule has 0 aliphatic carbocycles. The van der Waals surface area contributed by atoms with Crippen LogP contribution in [0.5, 0.6) is 11.5 Å². The van der Waals surface area contributed by atoms with Crippen molar-refractivity contribution in [2.45, 2.75) is 0 Å². The summed E-state index contributed by atoms with van der Waals surface area (Å²) in [6.45, 7) is -0.156. The van der Waals surface area contributed by atoms with E-state index >= 15 is 0 Å². The van der Waals surface area contributed by atoms with Crippen molar-refractivity contribution in [3.63, 3.8) is 0 Å². The second-order valence-corrected chi connectivity index (χ2v) is 4.72. The molecule has 6 heteroatoms. The molecule has 0 bridgehead atoms. The Morgan fingerprint density at radius 1 is 1.05 bits per heavy atom. The summed E-state index contributed by atoms with van der Waals surface area (Å²) in [5.41, 5.74) is 0.804. The van der Waals surface area contributed by atoms with E-state index in [0.717, 1.165) is 5.69 Å². The van der Waals surface area contributed by atoms with Crippen molar-refractivity contribution in [3.8, 4) is 11.5 Å². The van der Waals surface area contributed by atoms with Crippen LogP contribution in [0.2, 0.25) is 0 Å². The number of benzene rings is 2. The quantitative estimate of drug-likeness (QED) is 0.830. The van der Waals surface area contributed by atoms with E-state index in [1.807, 2.05) is 36.4 Å². The van der Waals surface area contributed by atoms with E-state index in [1.165, 1.54) is 0 Å². The van der Waals surface area contributed by atoms with Crippen LogP contribution in [0.15, 0.2) is 54.6 Å². The molecule has 22 heavy (non-hydrogen) atoms. The van der Waals surface area contributed by atoms with Gasteiger partial charge in [0.1, 0.15) is 0 Å². The third-order valence-corrected chi connectivity index (χ3v) is 2.92. The Morgan fingerprint density at radius 3 is 2.36 bits per heavy atom. The fourth-order valence-corrected chi connectivity index (χ4v) is 1.96. The number of methoxy groups -OCH3 is 1. The van der Waals surface area contributed by atoms with E-state index in [4.69, 9.17) is 21.7 Å². The van der Waals surface area contributed by atoms with Crippen LogP contribution in [0.4, 0.5) is 5.69 Å². The van der Waals surface area contributed by atoms with Gasteiger partial charge in [0.05, 0.1) is 7.11 Å². The molecular weight excluding hydrogens is 300 g/mol. The van der Waals surface area contributed by atoms with Crippen molar-refractivity contribution in [1.29, 1.82) is 0 Å². The van der Waals surface area contributed by atoms with Gasteiger partial charge in [-0.1, -0.05) is 30.3 Å². The van der Waals surface area contributed by atoms with Crippen LogP contribution in [0.3, 0.4) is 0 Å². The third-order valence-electron chi connectivity index (χ3n) is 2.71. The van der Waals surface area contributed by atoms with Gasteiger partial charge in [-0.3, -0.25) is 10.1 Å². The Hall–Kier alpha value is -2.60. The topological polar surface area (TPSA) is 59.6 Å². The maximum Gasteiger partial charge on any atom is 0.264 e. The number of hydrogen-bond acceptors (Lipinski definition) is 4. The average Bonchev–Trinajstić information content (AvgIpc) is 2.54. The first-order valence-corrected chi connectivity index (χ1v) is 7.01. The Bertz CT molecular complexity index is 647. The number of para-hydroxylation sites is 3. The van der Waals surface area contributed by atoms with Gasteiger partial charge in [0, 0.05) is 5.69 Å². The number of thiocarbonyl (C=S) groups is 1. The van der Waals surface area contributed by atoms with E-state index in [1.54, 1.807) is 25.3 Å². The summed E-state index contributed by atoms with van der Waals surface area (Å²) in [4.78, 5) is 11.8. The van der Waals surface area contributed by atoms with Crippen molar-refractivity contribution in [1.82, 2.24) is 5.32 Å². The number of carbonyl (C=O) groups excluding carboxylic acids is 1. The largest absolute Gasteiger partial charge is 0.493 e. The van der Waals surface area contributed by atoms with E-state index in [-0.39, 0.29) is 17.6 Å². The van der Waals surface area contributed by atoms with Gasteiger partial charge in [-0.15, -0.1) is 0 Å². The summed E-state index contributed by atoms with van der Waals surface area (Å²) >= 11 is 5.07. The average molecular weight is 316 g/mol. The summed E-state index contributed by atoms with van der Waals surface area (Å²) in [5.74, 6) is 0.724. The molecule has 0 radical (unpaired) electrons. The zero-order valence-corrected chi connectivity index (χ0v) is 12.9. The van der Waals surface area contributed by atoms with Gasteiger partial charge < -0.3 is 14.8 Å². The molecule has 2 aromatic carbocycles. The van der Waals surface area contributed by atoms with E-state index in [9.17, 15) is 4.79 Å². The SMILES string of the molecule is COc1ccccc1OCC(=O)NC(=S)Nc1ccccc1. The summed E-state index contributed by atoms with van der Waals surface area (Å²) in [6, 6.07) is 16.5. The molecule has 0 saturated carbocycles. The minimum Gasteiger partial charge on any atom is -0.493 e. The Labute approximate surface area is 134 Å². The van der Waals surface area contributed by atoms with Gasteiger partial charge in [-0.05, 0) is 36.5 Å². The lowest BCUT2D eigenvalue weighted by molar-refractivity contribution is -0.121. The molecule has 5 nitrogen and oxygen atoms in total. The Morgan fingerprint density at radius 2 is 1.68 bits per heavy atom.